The predicted octanol–water partition coefficient (Wildman–Crippen LogP) is 18.2. The molecule has 0 amide bonds. The van der Waals surface area contributed by atoms with Crippen molar-refractivity contribution >= 4 is 11.9 Å². The molecule has 1 unspecified atom stereocenters. The quantitative estimate of drug-likeness (QED) is 0.0374. The summed E-state index contributed by atoms with van der Waals surface area (Å²) in [6.45, 7) is 4.02. The molecule has 5 nitrogen and oxygen atoms in total. The maximum Gasteiger partial charge on any atom is 0.306 e. The lowest BCUT2D eigenvalue weighted by molar-refractivity contribution is -0.161. The van der Waals surface area contributed by atoms with Crippen LogP contribution in [0.25, 0.3) is 0 Å². The summed E-state index contributed by atoms with van der Waals surface area (Å²) in [6, 6.07) is 0. The molecule has 0 aromatic rings. The first-order chi connectivity index (χ1) is 31.6. The number of hydrogen-bond donors (Lipinski definition) is 1. The van der Waals surface area contributed by atoms with Gasteiger partial charge in [0.25, 0.3) is 0 Å². The second-order valence-corrected chi connectivity index (χ2v) is 17.9. The van der Waals surface area contributed by atoms with Crippen molar-refractivity contribution < 1.29 is 24.2 Å². The van der Waals surface area contributed by atoms with E-state index in [0.29, 0.717) is 12.8 Å². The second-order valence-electron chi connectivity index (χ2n) is 17.9. The molecule has 0 bridgehead atoms. The molecule has 5 heteroatoms. The van der Waals surface area contributed by atoms with Gasteiger partial charge in [-0.1, -0.05) is 240 Å². The highest BCUT2D eigenvalue weighted by Crippen LogP contribution is 2.16. The third kappa shape index (κ3) is 51.7. The summed E-state index contributed by atoms with van der Waals surface area (Å²) in [4.78, 5) is 24.5. The molecule has 0 aliphatic carbocycles. The molecule has 0 saturated carbocycles. The molecular weight excluding hydrogens is 789 g/mol. The smallest absolute Gasteiger partial charge is 0.306 e. The number of hydrogen-bond acceptors (Lipinski definition) is 5. The summed E-state index contributed by atoms with van der Waals surface area (Å²) in [5.41, 5.74) is 0. The first-order valence-electron chi connectivity index (χ1n) is 27.1. The monoisotopic (exact) mass is 891 g/mol. The summed E-state index contributed by atoms with van der Waals surface area (Å²) >= 11 is 0. The molecule has 1 atom stereocenters. The number of allylic oxidation sites excluding steroid dienone is 14. The van der Waals surface area contributed by atoms with E-state index in [1.54, 1.807) is 0 Å². The third-order valence-electron chi connectivity index (χ3n) is 11.7. The van der Waals surface area contributed by atoms with E-state index in [2.05, 4.69) is 98.9 Å². The minimum atomic E-state index is -0.782. The molecule has 1 N–H and O–H groups in total. The highest BCUT2D eigenvalue weighted by molar-refractivity contribution is 5.70. The van der Waals surface area contributed by atoms with Crippen molar-refractivity contribution in [3.05, 3.63) is 85.1 Å². The van der Waals surface area contributed by atoms with E-state index in [4.69, 9.17) is 9.47 Å². The van der Waals surface area contributed by atoms with Crippen molar-refractivity contribution in [2.45, 2.75) is 264 Å². The maximum absolute atomic E-state index is 12.3. The Morgan fingerprint density at radius 3 is 1.02 bits per heavy atom. The van der Waals surface area contributed by atoms with E-state index >= 15 is 0 Å². The SMILES string of the molecule is CC/C=C\C/C=C\C/C=C\C/C=C\CCCCCCCCCCCCCCCCCCC(=O)OC(CO)COC(=O)CCCCCCCC/C=C\C/C=C\C/C=C\CCCCCCC. The Labute approximate surface area is 396 Å². The topological polar surface area (TPSA) is 72.8 Å². The largest absolute Gasteiger partial charge is 0.462 e. The molecule has 0 spiro atoms. The Morgan fingerprint density at radius 2 is 0.672 bits per heavy atom. The Balaban J connectivity index is 3.51. The van der Waals surface area contributed by atoms with Crippen molar-refractivity contribution in [2.24, 2.45) is 0 Å². The lowest BCUT2D eigenvalue weighted by Crippen LogP contribution is -2.28. The van der Waals surface area contributed by atoms with E-state index in [0.717, 1.165) is 83.5 Å². The number of esters is 2. The van der Waals surface area contributed by atoms with Gasteiger partial charge in [0.05, 0.1) is 6.61 Å². The number of carbonyl (C=O) groups excluding carboxylic acids is 2. The summed E-state index contributed by atoms with van der Waals surface area (Å²) in [5, 5.41) is 9.64. The van der Waals surface area contributed by atoms with E-state index in [-0.39, 0.29) is 25.2 Å². The molecule has 64 heavy (non-hydrogen) atoms. The number of aliphatic hydroxyl groups excluding tert-OH is 1. The molecule has 0 aromatic carbocycles. The van der Waals surface area contributed by atoms with Gasteiger partial charge in [0.2, 0.25) is 0 Å². The van der Waals surface area contributed by atoms with E-state index in [9.17, 15) is 14.7 Å². The van der Waals surface area contributed by atoms with Crippen LogP contribution < -0.4 is 0 Å². The Morgan fingerprint density at radius 1 is 0.375 bits per heavy atom. The normalized spacial score (nSPS) is 12.9. The zero-order chi connectivity index (χ0) is 46.3. The van der Waals surface area contributed by atoms with Gasteiger partial charge in [0.15, 0.2) is 6.10 Å². The number of carbonyl (C=O) groups is 2. The Kier molecular flexibility index (Phi) is 51.9. The van der Waals surface area contributed by atoms with Gasteiger partial charge >= 0.3 is 11.9 Å². The van der Waals surface area contributed by atoms with Crippen LogP contribution in [0.3, 0.4) is 0 Å². The molecule has 0 saturated heterocycles. The molecule has 0 heterocycles. The molecule has 0 radical (unpaired) electrons. The minimum Gasteiger partial charge on any atom is -0.462 e. The second kappa shape index (κ2) is 54.4. The van der Waals surface area contributed by atoms with Crippen LogP contribution in [0.2, 0.25) is 0 Å². The van der Waals surface area contributed by atoms with Crippen molar-refractivity contribution in [1.29, 1.82) is 0 Å². The first kappa shape index (κ1) is 61.1. The Bertz CT molecular complexity index is 1190. The summed E-state index contributed by atoms with van der Waals surface area (Å²) < 4.78 is 10.7. The average Bonchev–Trinajstić information content (AvgIpc) is 3.30. The summed E-state index contributed by atoms with van der Waals surface area (Å²) in [5.74, 6) is -0.601. The van der Waals surface area contributed by atoms with Crippen LogP contribution in [-0.4, -0.2) is 36.4 Å². The van der Waals surface area contributed by atoms with Gasteiger partial charge in [-0.2, -0.15) is 0 Å². The molecule has 0 aliphatic rings. The van der Waals surface area contributed by atoms with Crippen LogP contribution >= 0.6 is 0 Å². The predicted molar refractivity (Wildman–Crippen MR) is 279 cm³/mol. The van der Waals surface area contributed by atoms with Gasteiger partial charge in [0, 0.05) is 12.8 Å². The number of ether oxygens (including phenoxy) is 2. The molecular formula is C59H102O5. The summed E-state index contributed by atoms with van der Waals surface area (Å²) in [6.07, 6.45) is 75.4. The van der Waals surface area contributed by atoms with Crippen molar-refractivity contribution in [2.75, 3.05) is 13.2 Å². The Hall–Kier alpha value is -2.92. The van der Waals surface area contributed by atoms with Crippen LogP contribution in [0, 0.1) is 0 Å². The van der Waals surface area contributed by atoms with E-state index in [1.807, 2.05) is 0 Å². The lowest BCUT2D eigenvalue weighted by Gasteiger charge is -2.15. The highest BCUT2D eigenvalue weighted by atomic mass is 16.6. The fraction of sp³-hybridized carbons (Fsp3) is 0.729. The molecule has 0 aromatic heterocycles. The van der Waals surface area contributed by atoms with Crippen LogP contribution in [0.1, 0.15) is 258 Å². The summed E-state index contributed by atoms with van der Waals surface area (Å²) in [7, 11) is 0. The highest BCUT2D eigenvalue weighted by Gasteiger charge is 2.16. The number of aliphatic hydroxyl groups is 1. The van der Waals surface area contributed by atoms with Gasteiger partial charge < -0.3 is 14.6 Å². The standard InChI is InChI=1S/C59H102O5/c1-3-5-7-9-11-13-15-17-19-21-23-25-26-27-28-29-30-31-32-34-36-38-40-42-44-46-48-50-52-54-59(62)64-57(55-60)56-63-58(61)53-51-49-47-45-43-41-39-37-35-33-24-22-20-18-16-14-12-10-8-6-4-2/h5,7,11,13,16-19,22-25,35,37,57,60H,3-4,6,8-10,12,14-15,20-21,26-34,36,38-56H2,1-2H3/b7-5-,13-11-,18-16-,19-17-,24-22-,25-23-,37-35-. The van der Waals surface area contributed by atoms with E-state index < -0.39 is 6.10 Å². The van der Waals surface area contributed by atoms with Gasteiger partial charge in [-0.15, -0.1) is 0 Å². The average molecular weight is 891 g/mol. The number of unbranched alkanes of at least 4 members (excludes halogenated alkanes) is 27. The van der Waals surface area contributed by atoms with Crippen molar-refractivity contribution in [3.8, 4) is 0 Å². The molecule has 368 valence electrons. The van der Waals surface area contributed by atoms with Gasteiger partial charge in [-0.3, -0.25) is 9.59 Å². The van der Waals surface area contributed by atoms with Gasteiger partial charge in [0.1, 0.15) is 6.61 Å². The molecule has 0 rings (SSSR count). The maximum atomic E-state index is 12.3. The van der Waals surface area contributed by atoms with Gasteiger partial charge in [-0.25, -0.2) is 0 Å². The van der Waals surface area contributed by atoms with Crippen molar-refractivity contribution in [1.82, 2.24) is 0 Å². The van der Waals surface area contributed by atoms with Crippen LogP contribution in [-0.2, 0) is 19.1 Å². The zero-order valence-electron chi connectivity index (χ0n) is 42.0. The third-order valence-corrected chi connectivity index (χ3v) is 11.7. The first-order valence-corrected chi connectivity index (χ1v) is 27.1. The molecule has 0 aliphatic heterocycles. The fourth-order valence-electron chi connectivity index (χ4n) is 7.61. The van der Waals surface area contributed by atoms with Crippen molar-refractivity contribution in [3.63, 3.8) is 0 Å². The number of rotatable bonds is 49. The van der Waals surface area contributed by atoms with E-state index in [1.165, 1.54) is 148 Å². The lowest BCUT2D eigenvalue weighted by atomic mass is 10.0. The van der Waals surface area contributed by atoms with Crippen LogP contribution in [0.15, 0.2) is 85.1 Å². The molecule has 0 fully saturated rings. The minimum absolute atomic E-state index is 0.0745. The van der Waals surface area contributed by atoms with Crippen LogP contribution in [0.4, 0.5) is 0 Å². The van der Waals surface area contributed by atoms with Crippen LogP contribution in [0.5, 0.6) is 0 Å². The van der Waals surface area contributed by atoms with Gasteiger partial charge in [-0.05, 0) is 89.9 Å². The fourth-order valence-corrected chi connectivity index (χ4v) is 7.61. The zero-order valence-corrected chi connectivity index (χ0v) is 42.0.